The van der Waals surface area contributed by atoms with E-state index in [2.05, 4.69) is 13.0 Å². The van der Waals surface area contributed by atoms with Crippen molar-refractivity contribution >= 4 is 0 Å². The summed E-state index contributed by atoms with van der Waals surface area (Å²) in [6, 6.07) is 14.3. The van der Waals surface area contributed by atoms with Crippen LogP contribution in [0.3, 0.4) is 0 Å². The van der Waals surface area contributed by atoms with Crippen molar-refractivity contribution in [2.45, 2.75) is 32.3 Å². The minimum atomic E-state index is -0.941. The van der Waals surface area contributed by atoms with E-state index >= 15 is 0 Å². The molecule has 0 spiro atoms. The fraction of sp³-hybridized carbons (Fsp3) is 0.294. The third kappa shape index (κ3) is 3.42. The number of halogens is 1. The van der Waals surface area contributed by atoms with Gasteiger partial charge in [0.15, 0.2) is 0 Å². The second-order valence-electron chi connectivity index (χ2n) is 5.13. The normalized spacial score (nSPS) is 14.1. The zero-order valence-electron chi connectivity index (χ0n) is 11.4. The first-order valence-electron chi connectivity index (χ1n) is 6.57. The zero-order chi connectivity index (χ0) is 13.9. The van der Waals surface area contributed by atoms with Gasteiger partial charge in [0.25, 0.3) is 0 Å². The van der Waals surface area contributed by atoms with Crippen LogP contribution in [0.4, 0.5) is 4.39 Å². The van der Waals surface area contributed by atoms with Crippen molar-refractivity contribution in [2.75, 3.05) is 0 Å². The summed E-state index contributed by atoms with van der Waals surface area (Å²) < 4.78 is 12.9. The lowest BCUT2D eigenvalue weighted by atomic mass is 9.88. The summed E-state index contributed by atoms with van der Waals surface area (Å²) in [6.07, 6.45) is 1.42. The molecule has 0 saturated carbocycles. The van der Waals surface area contributed by atoms with E-state index < -0.39 is 5.60 Å². The fourth-order valence-electron chi connectivity index (χ4n) is 2.23. The minimum absolute atomic E-state index is 0.253. The number of benzene rings is 2. The summed E-state index contributed by atoms with van der Waals surface area (Å²) in [6.45, 7) is 3.89. The highest BCUT2D eigenvalue weighted by molar-refractivity contribution is 5.30. The molecule has 2 rings (SSSR count). The molecule has 0 aliphatic rings. The molecular weight excluding hydrogens is 239 g/mol. The molecule has 100 valence electrons. The van der Waals surface area contributed by atoms with Crippen molar-refractivity contribution in [1.29, 1.82) is 0 Å². The highest BCUT2D eigenvalue weighted by Crippen LogP contribution is 2.26. The molecule has 0 amide bonds. The van der Waals surface area contributed by atoms with Crippen LogP contribution in [0.5, 0.6) is 0 Å². The monoisotopic (exact) mass is 258 g/mol. The smallest absolute Gasteiger partial charge is 0.123 e. The molecule has 1 nitrogen and oxygen atoms in total. The maximum Gasteiger partial charge on any atom is 0.123 e. The average Bonchev–Trinajstić information content (AvgIpc) is 2.41. The van der Waals surface area contributed by atoms with Gasteiger partial charge in [-0.3, -0.25) is 0 Å². The zero-order valence-corrected chi connectivity index (χ0v) is 11.4. The molecule has 1 N–H and O–H groups in total. The van der Waals surface area contributed by atoms with E-state index in [0.29, 0.717) is 6.42 Å². The molecule has 0 heterocycles. The number of hydrogen-bond donors (Lipinski definition) is 1. The van der Waals surface area contributed by atoms with Crippen LogP contribution in [0.1, 0.15) is 30.5 Å². The van der Waals surface area contributed by atoms with E-state index in [1.54, 1.807) is 19.1 Å². The molecule has 19 heavy (non-hydrogen) atoms. The van der Waals surface area contributed by atoms with Crippen molar-refractivity contribution in [2.24, 2.45) is 0 Å². The van der Waals surface area contributed by atoms with Crippen molar-refractivity contribution in [1.82, 2.24) is 0 Å². The molecule has 2 aromatic carbocycles. The van der Waals surface area contributed by atoms with Gasteiger partial charge in [0.2, 0.25) is 0 Å². The Bertz CT molecular complexity index is 543. The largest absolute Gasteiger partial charge is 0.385 e. The van der Waals surface area contributed by atoms with Gasteiger partial charge < -0.3 is 5.11 Å². The van der Waals surface area contributed by atoms with E-state index in [1.807, 2.05) is 18.2 Å². The second kappa shape index (κ2) is 5.54. The topological polar surface area (TPSA) is 20.2 Å². The summed E-state index contributed by atoms with van der Waals surface area (Å²) in [5, 5.41) is 10.6. The standard InChI is InChI=1S/C17H19FO/c1-3-13-5-4-6-15(11-13)17(2,19)12-14-7-9-16(18)10-8-14/h4-11,19H,3,12H2,1-2H3. The van der Waals surface area contributed by atoms with Crippen LogP contribution in [0.25, 0.3) is 0 Å². The summed E-state index contributed by atoms with van der Waals surface area (Å²) in [4.78, 5) is 0. The molecule has 0 bridgehead atoms. The van der Waals surface area contributed by atoms with Gasteiger partial charge in [0.1, 0.15) is 5.82 Å². The molecular formula is C17H19FO. The number of hydrogen-bond acceptors (Lipinski definition) is 1. The summed E-state index contributed by atoms with van der Waals surface area (Å²) in [5.41, 5.74) is 2.09. The fourth-order valence-corrected chi connectivity index (χ4v) is 2.23. The maximum atomic E-state index is 12.9. The van der Waals surface area contributed by atoms with Gasteiger partial charge in [-0.1, -0.05) is 43.3 Å². The average molecular weight is 258 g/mol. The van der Waals surface area contributed by atoms with Crippen molar-refractivity contribution in [3.05, 3.63) is 71.0 Å². The van der Waals surface area contributed by atoms with Gasteiger partial charge >= 0.3 is 0 Å². The Morgan fingerprint density at radius 1 is 1.05 bits per heavy atom. The van der Waals surface area contributed by atoms with Gasteiger partial charge in [-0.25, -0.2) is 4.39 Å². The van der Waals surface area contributed by atoms with E-state index in [1.165, 1.54) is 17.7 Å². The van der Waals surface area contributed by atoms with Crippen molar-refractivity contribution in [3.63, 3.8) is 0 Å². The number of aryl methyl sites for hydroxylation is 1. The summed E-state index contributed by atoms with van der Waals surface area (Å²) >= 11 is 0. The number of aliphatic hydroxyl groups is 1. The Kier molecular flexibility index (Phi) is 4.01. The van der Waals surface area contributed by atoms with Crippen molar-refractivity contribution in [3.8, 4) is 0 Å². The van der Waals surface area contributed by atoms with Crippen LogP contribution in [-0.2, 0) is 18.4 Å². The Morgan fingerprint density at radius 2 is 1.74 bits per heavy atom. The van der Waals surface area contributed by atoms with Gasteiger partial charge in [0.05, 0.1) is 5.60 Å². The lowest BCUT2D eigenvalue weighted by molar-refractivity contribution is 0.0575. The third-order valence-electron chi connectivity index (χ3n) is 3.42. The minimum Gasteiger partial charge on any atom is -0.385 e. The lowest BCUT2D eigenvalue weighted by Gasteiger charge is -2.24. The van der Waals surface area contributed by atoms with Crippen LogP contribution >= 0.6 is 0 Å². The molecule has 1 atom stereocenters. The van der Waals surface area contributed by atoms with Crippen LogP contribution in [0.2, 0.25) is 0 Å². The van der Waals surface area contributed by atoms with Crippen LogP contribution < -0.4 is 0 Å². The Morgan fingerprint density at radius 3 is 2.37 bits per heavy atom. The molecule has 1 unspecified atom stereocenters. The summed E-state index contributed by atoms with van der Waals surface area (Å²) in [5.74, 6) is -0.253. The first-order chi connectivity index (χ1) is 9.01. The first kappa shape index (κ1) is 13.8. The molecule has 0 radical (unpaired) electrons. The predicted octanol–water partition coefficient (Wildman–Crippen LogP) is 3.84. The van der Waals surface area contributed by atoms with Gasteiger partial charge in [-0.2, -0.15) is 0 Å². The van der Waals surface area contributed by atoms with Crippen LogP contribution in [0, 0.1) is 5.82 Å². The maximum absolute atomic E-state index is 12.9. The van der Waals surface area contributed by atoms with E-state index in [0.717, 1.165) is 17.5 Å². The molecule has 2 aromatic rings. The van der Waals surface area contributed by atoms with Crippen LogP contribution in [-0.4, -0.2) is 5.11 Å². The van der Waals surface area contributed by atoms with Crippen LogP contribution in [0.15, 0.2) is 48.5 Å². The second-order valence-corrected chi connectivity index (χ2v) is 5.13. The molecule has 2 heteroatoms. The Balaban J connectivity index is 2.23. The highest BCUT2D eigenvalue weighted by Gasteiger charge is 2.23. The molecule has 0 aliphatic carbocycles. The lowest BCUT2D eigenvalue weighted by Crippen LogP contribution is -2.24. The van der Waals surface area contributed by atoms with E-state index in [9.17, 15) is 9.50 Å². The molecule has 0 fully saturated rings. The Hall–Kier alpha value is -1.67. The SMILES string of the molecule is CCc1cccc(C(C)(O)Cc2ccc(F)cc2)c1. The third-order valence-corrected chi connectivity index (χ3v) is 3.42. The van der Waals surface area contributed by atoms with Crippen molar-refractivity contribution < 1.29 is 9.50 Å². The van der Waals surface area contributed by atoms with Gasteiger partial charge in [-0.15, -0.1) is 0 Å². The van der Waals surface area contributed by atoms with Gasteiger partial charge in [0, 0.05) is 6.42 Å². The summed E-state index contributed by atoms with van der Waals surface area (Å²) in [7, 11) is 0. The predicted molar refractivity (Wildman–Crippen MR) is 75.5 cm³/mol. The van der Waals surface area contributed by atoms with Gasteiger partial charge in [-0.05, 0) is 42.2 Å². The highest BCUT2D eigenvalue weighted by atomic mass is 19.1. The first-order valence-corrected chi connectivity index (χ1v) is 6.57. The Labute approximate surface area is 113 Å². The quantitative estimate of drug-likeness (QED) is 0.883. The van der Waals surface area contributed by atoms with E-state index in [4.69, 9.17) is 0 Å². The van der Waals surface area contributed by atoms with E-state index in [-0.39, 0.29) is 5.82 Å². The molecule has 0 aromatic heterocycles. The molecule has 0 aliphatic heterocycles. The number of rotatable bonds is 4. The molecule has 0 saturated heterocycles.